The van der Waals surface area contributed by atoms with E-state index in [0.717, 1.165) is 0 Å². The molecule has 3 aromatic rings. The van der Waals surface area contributed by atoms with Gasteiger partial charge in [0.25, 0.3) is 5.91 Å². The highest BCUT2D eigenvalue weighted by molar-refractivity contribution is 5.99. The number of carbonyl (C=O) groups is 1. The number of halogens is 1. The Hall–Kier alpha value is -3.73. The van der Waals surface area contributed by atoms with Crippen molar-refractivity contribution in [2.45, 2.75) is 39.9 Å². The second kappa shape index (κ2) is 10.1. The van der Waals surface area contributed by atoms with Crippen LogP contribution in [0.4, 0.5) is 10.1 Å². The molecule has 1 unspecified atom stereocenters. The lowest BCUT2D eigenvalue weighted by atomic mass is 10.1. The smallest absolute Gasteiger partial charge is 0.255 e. The number of carbonyl (C=O) groups excluding carboxylic acids is 1. The number of pyridine rings is 1. The molecule has 8 heteroatoms. The topological polar surface area (TPSA) is 104 Å². The highest BCUT2D eigenvalue weighted by atomic mass is 19.1. The fourth-order valence-corrected chi connectivity index (χ4v) is 2.97. The molecule has 0 spiro atoms. The zero-order valence-corrected chi connectivity index (χ0v) is 18.5. The summed E-state index contributed by atoms with van der Waals surface area (Å²) in [5.74, 6) is 0.201. The third-order valence-electron chi connectivity index (χ3n) is 4.77. The van der Waals surface area contributed by atoms with Crippen LogP contribution < -0.4 is 10.6 Å². The molecule has 1 aromatic carbocycles. The van der Waals surface area contributed by atoms with Crippen LogP contribution in [0.3, 0.4) is 0 Å². The zero-order chi connectivity index (χ0) is 23.3. The number of alkyl halides is 1. The first kappa shape index (κ1) is 22.9. The molecule has 2 heterocycles. The Morgan fingerprint density at radius 2 is 1.97 bits per heavy atom. The van der Waals surface area contributed by atoms with Gasteiger partial charge in [0.15, 0.2) is 5.76 Å². The lowest BCUT2D eigenvalue weighted by Crippen LogP contribution is -2.33. The molecule has 0 aliphatic rings. The SMILES string of the molecule is CC(C)Nc1cc(-c2cnc(-c3cccc(C#N)c3)o2)ncc1C(=O)NCC(F)C(C)C. The van der Waals surface area contributed by atoms with Crippen molar-refractivity contribution >= 4 is 11.6 Å². The third-order valence-corrected chi connectivity index (χ3v) is 4.77. The largest absolute Gasteiger partial charge is 0.434 e. The highest BCUT2D eigenvalue weighted by Crippen LogP contribution is 2.28. The van der Waals surface area contributed by atoms with Crippen molar-refractivity contribution in [3.05, 3.63) is 53.9 Å². The molecule has 0 aliphatic carbocycles. The van der Waals surface area contributed by atoms with Gasteiger partial charge in [0.1, 0.15) is 11.9 Å². The van der Waals surface area contributed by atoms with Crippen molar-refractivity contribution < 1.29 is 13.6 Å². The van der Waals surface area contributed by atoms with Crippen LogP contribution in [0.15, 0.2) is 47.1 Å². The molecule has 0 bridgehead atoms. The van der Waals surface area contributed by atoms with Gasteiger partial charge in [-0.2, -0.15) is 5.26 Å². The van der Waals surface area contributed by atoms with Gasteiger partial charge in [-0.25, -0.2) is 9.37 Å². The van der Waals surface area contributed by atoms with E-state index in [9.17, 15) is 9.18 Å². The molecule has 2 N–H and O–H groups in total. The number of amides is 1. The van der Waals surface area contributed by atoms with Gasteiger partial charge in [0.05, 0.1) is 29.1 Å². The second-order valence-electron chi connectivity index (χ2n) is 8.11. The van der Waals surface area contributed by atoms with Crippen LogP contribution in [-0.4, -0.2) is 34.6 Å². The number of oxazole rings is 1. The van der Waals surface area contributed by atoms with E-state index in [1.54, 1.807) is 50.4 Å². The Labute approximate surface area is 186 Å². The van der Waals surface area contributed by atoms with Gasteiger partial charge in [-0.3, -0.25) is 9.78 Å². The molecule has 0 radical (unpaired) electrons. The molecule has 0 fully saturated rings. The first-order valence-corrected chi connectivity index (χ1v) is 10.4. The molecule has 7 nitrogen and oxygen atoms in total. The van der Waals surface area contributed by atoms with Crippen LogP contribution in [0.1, 0.15) is 43.6 Å². The highest BCUT2D eigenvalue weighted by Gasteiger charge is 2.19. The van der Waals surface area contributed by atoms with Crippen LogP contribution in [0.2, 0.25) is 0 Å². The third kappa shape index (κ3) is 5.49. The molecular formula is C24H26FN5O2. The molecular weight excluding hydrogens is 409 g/mol. The van der Waals surface area contributed by atoms with Crippen molar-refractivity contribution in [2.75, 3.05) is 11.9 Å². The van der Waals surface area contributed by atoms with Gasteiger partial charge in [0, 0.05) is 24.3 Å². The fraction of sp³-hybridized carbons (Fsp3) is 0.333. The van der Waals surface area contributed by atoms with Crippen LogP contribution >= 0.6 is 0 Å². The number of hydrogen-bond acceptors (Lipinski definition) is 6. The maximum absolute atomic E-state index is 13.9. The van der Waals surface area contributed by atoms with Crippen molar-refractivity contribution in [2.24, 2.45) is 5.92 Å². The van der Waals surface area contributed by atoms with E-state index in [-0.39, 0.29) is 18.5 Å². The summed E-state index contributed by atoms with van der Waals surface area (Å²) in [4.78, 5) is 21.3. The van der Waals surface area contributed by atoms with E-state index in [1.807, 2.05) is 13.8 Å². The second-order valence-corrected chi connectivity index (χ2v) is 8.11. The van der Waals surface area contributed by atoms with Crippen LogP contribution in [0.5, 0.6) is 0 Å². The molecule has 0 saturated carbocycles. The maximum Gasteiger partial charge on any atom is 0.255 e. The maximum atomic E-state index is 13.9. The lowest BCUT2D eigenvalue weighted by molar-refractivity contribution is 0.0935. The summed E-state index contributed by atoms with van der Waals surface area (Å²) in [5, 5.41) is 15.0. The number of rotatable bonds is 8. The number of aromatic nitrogens is 2. The molecule has 0 saturated heterocycles. The van der Waals surface area contributed by atoms with E-state index in [0.29, 0.717) is 39.7 Å². The minimum absolute atomic E-state index is 0.0559. The summed E-state index contributed by atoms with van der Waals surface area (Å²) in [6.07, 6.45) is 1.86. The van der Waals surface area contributed by atoms with Gasteiger partial charge in [-0.15, -0.1) is 0 Å². The molecule has 32 heavy (non-hydrogen) atoms. The minimum atomic E-state index is -1.13. The Balaban J connectivity index is 1.88. The number of nitriles is 1. The van der Waals surface area contributed by atoms with Gasteiger partial charge >= 0.3 is 0 Å². The summed E-state index contributed by atoms with van der Waals surface area (Å²) >= 11 is 0. The number of hydrogen-bond donors (Lipinski definition) is 2. The predicted octanol–water partition coefficient (Wildman–Crippen LogP) is 4.82. The average Bonchev–Trinajstić information content (AvgIpc) is 3.27. The minimum Gasteiger partial charge on any atom is -0.434 e. The monoisotopic (exact) mass is 435 g/mol. The molecule has 166 valence electrons. The Bertz CT molecular complexity index is 1130. The quantitative estimate of drug-likeness (QED) is 0.526. The summed E-state index contributed by atoms with van der Waals surface area (Å²) < 4.78 is 19.8. The average molecular weight is 436 g/mol. The summed E-state index contributed by atoms with van der Waals surface area (Å²) in [5.41, 5.74) is 2.56. The number of nitrogens with zero attached hydrogens (tertiary/aromatic N) is 3. The van der Waals surface area contributed by atoms with E-state index in [4.69, 9.17) is 9.68 Å². The van der Waals surface area contributed by atoms with Crippen molar-refractivity contribution in [3.63, 3.8) is 0 Å². The van der Waals surface area contributed by atoms with Crippen LogP contribution in [0.25, 0.3) is 22.9 Å². The first-order chi connectivity index (χ1) is 15.3. The Morgan fingerprint density at radius 1 is 1.19 bits per heavy atom. The van der Waals surface area contributed by atoms with Crippen molar-refractivity contribution in [1.82, 2.24) is 15.3 Å². The van der Waals surface area contributed by atoms with Crippen molar-refractivity contribution in [1.29, 1.82) is 5.26 Å². The van der Waals surface area contributed by atoms with E-state index in [1.165, 1.54) is 6.20 Å². The first-order valence-electron chi connectivity index (χ1n) is 10.4. The molecule has 2 aromatic heterocycles. The fourth-order valence-electron chi connectivity index (χ4n) is 2.97. The summed E-state index contributed by atoms with van der Waals surface area (Å²) in [6.45, 7) is 7.37. The van der Waals surface area contributed by atoms with E-state index >= 15 is 0 Å². The Morgan fingerprint density at radius 3 is 2.66 bits per heavy atom. The summed E-state index contributed by atoms with van der Waals surface area (Å²) in [7, 11) is 0. The standard InChI is InChI=1S/C24H26FN5O2/c1-14(2)19(25)12-28-23(31)18-11-27-21(9-20(18)30-15(3)4)22-13-29-24(32-22)17-7-5-6-16(8-17)10-26/h5-9,11,13-15,19H,12H2,1-4H3,(H,27,30)(H,28,31). The normalized spacial score (nSPS) is 11.9. The van der Waals surface area contributed by atoms with Crippen LogP contribution in [0, 0.1) is 17.2 Å². The van der Waals surface area contributed by atoms with Gasteiger partial charge in [-0.1, -0.05) is 19.9 Å². The lowest BCUT2D eigenvalue weighted by Gasteiger charge is -2.17. The Kier molecular flexibility index (Phi) is 7.21. The molecule has 3 rings (SSSR count). The number of benzene rings is 1. The van der Waals surface area contributed by atoms with Crippen LogP contribution in [-0.2, 0) is 0 Å². The molecule has 1 amide bonds. The van der Waals surface area contributed by atoms with Gasteiger partial charge in [-0.05, 0) is 44.0 Å². The van der Waals surface area contributed by atoms with E-state index in [2.05, 4.69) is 26.7 Å². The van der Waals surface area contributed by atoms with Gasteiger partial charge < -0.3 is 15.1 Å². The van der Waals surface area contributed by atoms with Crippen molar-refractivity contribution in [3.8, 4) is 29.0 Å². The van der Waals surface area contributed by atoms with Gasteiger partial charge in [0.2, 0.25) is 5.89 Å². The number of nitrogens with one attached hydrogen (secondary N) is 2. The summed E-state index contributed by atoms with van der Waals surface area (Å²) in [6, 6.07) is 10.8. The molecule has 0 aliphatic heterocycles. The van der Waals surface area contributed by atoms with E-state index < -0.39 is 12.1 Å². The number of anilines is 1. The predicted molar refractivity (Wildman–Crippen MR) is 121 cm³/mol. The zero-order valence-electron chi connectivity index (χ0n) is 18.5. The molecule has 1 atom stereocenters.